The van der Waals surface area contributed by atoms with Crippen molar-refractivity contribution in [2.45, 2.75) is 19.4 Å². The number of nitro benzene ring substituents is 1. The number of fused-ring (bicyclic) bond motifs is 1. The largest absolute Gasteiger partial charge is 0.373 e. The van der Waals surface area contributed by atoms with Crippen LogP contribution in [0, 0.1) is 10.1 Å². The minimum Gasteiger partial charge on any atom is -0.373 e. The number of nitro groups is 1. The number of nitrogens with two attached hydrogens (primary N) is 1. The van der Waals surface area contributed by atoms with E-state index in [0.717, 1.165) is 0 Å². The molecule has 1 aromatic carbocycles. The van der Waals surface area contributed by atoms with Gasteiger partial charge in [0.2, 0.25) is 0 Å². The molecule has 1 heterocycles. The molecular formula is C13H16N4O2. The third-order valence-electron chi connectivity index (χ3n) is 2.92. The highest BCUT2D eigenvalue weighted by Crippen LogP contribution is 2.33. The van der Waals surface area contributed by atoms with E-state index in [1.54, 1.807) is 30.5 Å². The van der Waals surface area contributed by atoms with Crippen molar-refractivity contribution in [3.63, 3.8) is 0 Å². The molecule has 100 valence electrons. The Kier molecular flexibility index (Phi) is 3.35. The number of hydrogen-bond acceptors (Lipinski definition) is 5. The Hall–Kier alpha value is -2.21. The number of anilines is 1. The zero-order valence-corrected chi connectivity index (χ0v) is 10.9. The summed E-state index contributed by atoms with van der Waals surface area (Å²) in [6.07, 6.45) is 1.61. The summed E-state index contributed by atoms with van der Waals surface area (Å²) < 4.78 is 0. The number of hydrogen-bond donors (Lipinski definition) is 2. The summed E-state index contributed by atoms with van der Waals surface area (Å²) in [5.41, 5.74) is 6.33. The van der Waals surface area contributed by atoms with Crippen LogP contribution in [0.5, 0.6) is 0 Å². The molecule has 0 unspecified atom stereocenters. The minimum absolute atomic E-state index is 0.0344. The number of benzene rings is 1. The molecule has 0 amide bonds. The van der Waals surface area contributed by atoms with Gasteiger partial charge in [0.15, 0.2) is 0 Å². The molecule has 2 aromatic rings. The number of nitrogens with zero attached hydrogens (tertiary/aromatic N) is 2. The molecule has 0 aliphatic rings. The molecule has 0 spiro atoms. The Bertz CT molecular complexity index is 625. The molecule has 0 atom stereocenters. The van der Waals surface area contributed by atoms with Gasteiger partial charge in [-0.25, -0.2) is 0 Å². The molecule has 0 saturated carbocycles. The monoisotopic (exact) mass is 260 g/mol. The van der Waals surface area contributed by atoms with E-state index in [4.69, 9.17) is 5.73 Å². The Balaban J connectivity index is 2.61. The summed E-state index contributed by atoms with van der Waals surface area (Å²) in [6.45, 7) is 4.16. The average molecular weight is 260 g/mol. The summed E-state index contributed by atoms with van der Waals surface area (Å²) >= 11 is 0. The van der Waals surface area contributed by atoms with Crippen molar-refractivity contribution in [3.05, 3.63) is 40.6 Å². The van der Waals surface area contributed by atoms with Gasteiger partial charge in [-0.15, -0.1) is 0 Å². The first-order valence-electron chi connectivity index (χ1n) is 5.95. The highest BCUT2D eigenvalue weighted by atomic mass is 16.6. The van der Waals surface area contributed by atoms with Crippen molar-refractivity contribution in [3.8, 4) is 0 Å². The van der Waals surface area contributed by atoms with Crippen molar-refractivity contribution < 1.29 is 4.92 Å². The summed E-state index contributed by atoms with van der Waals surface area (Å²) in [5.74, 6) is 0. The van der Waals surface area contributed by atoms with Crippen LogP contribution >= 0.6 is 0 Å². The van der Waals surface area contributed by atoms with Gasteiger partial charge in [-0.1, -0.05) is 0 Å². The Morgan fingerprint density at radius 2 is 2.16 bits per heavy atom. The van der Waals surface area contributed by atoms with Gasteiger partial charge in [-0.2, -0.15) is 0 Å². The summed E-state index contributed by atoms with van der Waals surface area (Å²) in [5, 5.41) is 15.0. The van der Waals surface area contributed by atoms with Crippen LogP contribution in [0.15, 0.2) is 30.5 Å². The van der Waals surface area contributed by atoms with Crippen molar-refractivity contribution in [1.29, 1.82) is 0 Å². The molecule has 0 radical (unpaired) electrons. The highest BCUT2D eigenvalue weighted by Gasteiger charge is 2.23. The van der Waals surface area contributed by atoms with Gasteiger partial charge in [0, 0.05) is 18.3 Å². The standard InChI is InChI=1S/C13H16N4O2/c1-13(2,8-14)16-11-6-5-10-9(4-3-7-15-10)12(11)17(18)19/h3-7,16H,8,14H2,1-2H3. The maximum atomic E-state index is 11.3. The second kappa shape index (κ2) is 4.81. The molecule has 0 aliphatic heterocycles. The van der Waals surface area contributed by atoms with Crippen LogP contribution in [0.4, 0.5) is 11.4 Å². The fourth-order valence-corrected chi connectivity index (χ4v) is 1.85. The molecule has 0 fully saturated rings. The van der Waals surface area contributed by atoms with E-state index in [0.29, 0.717) is 23.1 Å². The molecule has 0 aliphatic carbocycles. The van der Waals surface area contributed by atoms with Crippen LogP contribution in [-0.2, 0) is 0 Å². The van der Waals surface area contributed by atoms with Crippen molar-refractivity contribution in [2.24, 2.45) is 5.73 Å². The summed E-state index contributed by atoms with van der Waals surface area (Å²) in [7, 11) is 0. The molecule has 6 heteroatoms. The Morgan fingerprint density at radius 1 is 1.42 bits per heavy atom. The van der Waals surface area contributed by atoms with E-state index in [1.807, 2.05) is 13.8 Å². The maximum absolute atomic E-state index is 11.3. The number of pyridine rings is 1. The van der Waals surface area contributed by atoms with Crippen LogP contribution in [0.3, 0.4) is 0 Å². The van der Waals surface area contributed by atoms with Crippen LogP contribution in [-0.4, -0.2) is 22.0 Å². The lowest BCUT2D eigenvalue weighted by Gasteiger charge is -2.25. The zero-order chi connectivity index (χ0) is 14.0. The number of rotatable bonds is 4. The van der Waals surface area contributed by atoms with Crippen molar-refractivity contribution >= 4 is 22.3 Å². The van der Waals surface area contributed by atoms with Crippen LogP contribution < -0.4 is 11.1 Å². The van der Waals surface area contributed by atoms with Gasteiger partial charge >= 0.3 is 5.69 Å². The van der Waals surface area contributed by atoms with E-state index >= 15 is 0 Å². The fourth-order valence-electron chi connectivity index (χ4n) is 1.85. The normalized spacial score (nSPS) is 11.5. The molecular weight excluding hydrogens is 244 g/mol. The summed E-state index contributed by atoms with van der Waals surface area (Å²) in [6, 6.07) is 6.82. The van der Waals surface area contributed by atoms with Crippen LogP contribution in [0.25, 0.3) is 10.9 Å². The predicted octanol–water partition coefficient (Wildman–Crippen LogP) is 2.29. The molecule has 0 saturated heterocycles. The first-order chi connectivity index (χ1) is 8.94. The molecule has 19 heavy (non-hydrogen) atoms. The quantitative estimate of drug-likeness (QED) is 0.649. The van der Waals surface area contributed by atoms with Gasteiger partial charge in [-0.3, -0.25) is 15.1 Å². The average Bonchev–Trinajstić information content (AvgIpc) is 2.37. The van der Waals surface area contributed by atoms with E-state index in [-0.39, 0.29) is 10.6 Å². The summed E-state index contributed by atoms with van der Waals surface area (Å²) in [4.78, 5) is 15.1. The topological polar surface area (TPSA) is 94.1 Å². The maximum Gasteiger partial charge on any atom is 0.301 e. The lowest BCUT2D eigenvalue weighted by atomic mass is 10.0. The predicted molar refractivity (Wildman–Crippen MR) is 75.2 cm³/mol. The second-order valence-electron chi connectivity index (χ2n) is 5.00. The number of aromatic nitrogens is 1. The third-order valence-corrected chi connectivity index (χ3v) is 2.92. The smallest absolute Gasteiger partial charge is 0.301 e. The molecule has 0 bridgehead atoms. The van der Waals surface area contributed by atoms with Crippen LogP contribution in [0.2, 0.25) is 0 Å². The lowest BCUT2D eigenvalue weighted by molar-refractivity contribution is -0.382. The van der Waals surface area contributed by atoms with E-state index < -0.39 is 5.54 Å². The van der Waals surface area contributed by atoms with Gasteiger partial charge in [0.05, 0.1) is 15.8 Å². The molecule has 3 N–H and O–H groups in total. The van der Waals surface area contributed by atoms with Gasteiger partial charge in [0.1, 0.15) is 5.69 Å². The second-order valence-corrected chi connectivity index (χ2v) is 5.00. The van der Waals surface area contributed by atoms with Crippen LogP contribution in [0.1, 0.15) is 13.8 Å². The zero-order valence-electron chi connectivity index (χ0n) is 10.9. The van der Waals surface area contributed by atoms with E-state index in [2.05, 4.69) is 10.3 Å². The minimum atomic E-state index is -0.416. The molecule has 2 rings (SSSR count). The fraction of sp³-hybridized carbons (Fsp3) is 0.308. The van der Waals surface area contributed by atoms with E-state index in [9.17, 15) is 10.1 Å². The molecule has 1 aromatic heterocycles. The lowest BCUT2D eigenvalue weighted by Crippen LogP contribution is -2.39. The van der Waals surface area contributed by atoms with Crippen molar-refractivity contribution in [2.75, 3.05) is 11.9 Å². The first-order valence-corrected chi connectivity index (χ1v) is 5.95. The van der Waals surface area contributed by atoms with Gasteiger partial charge in [-0.05, 0) is 38.1 Å². The molecule has 6 nitrogen and oxygen atoms in total. The van der Waals surface area contributed by atoms with Gasteiger partial charge in [0.25, 0.3) is 0 Å². The first kappa shape index (κ1) is 13.2. The Labute approximate surface area is 110 Å². The SMILES string of the molecule is CC(C)(CN)Nc1ccc2ncccc2c1[N+](=O)[O-]. The Morgan fingerprint density at radius 3 is 2.79 bits per heavy atom. The number of nitrogens with one attached hydrogen (secondary N) is 1. The van der Waals surface area contributed by atoms with Gasteiger partial charge < -0.3 is 11.1 Å². The van der Waals surface area contributed by atoms with E-state index in [1.165, 1.54) is 0 Å². The van der Waals surface area contributed by atoms with Crippen molar-refractivity contribution in [1.82, 2.24) is 4.98 Å². The highest BCUT2D eigenvalue weighted by molar-refractivity contribution is 5.94. The third kappa shape index (κ3) is 2.63.